The summed E-state index contributed by atoms with van der Waals surface area (Å²) < 4.78 is 2.28. The van der Waals surface area contributed by atoms with Crippen molar-refractivity contribution in [2.24, 2.45) is 5.10 Å². The number of hydrogen-bond acceptors (Lipinski definition) is 3. The van der Waals surface area contributed by atoms with Crippen molar-refractivity contribution in [3.63, 3.8) is 0 Å². The van der Waals surface area contributed by atoms with Crippen LogP contribution in [0.15, 0.2) is 56.8 Å². The van der Waals surface area contributed by atoms with E-state index < -0.39 is 0 Å². The average molecular weight is 416 g/mol. The second-order valence-electron chi connectivity index (χ2n) is 5.61. The lowest BCUT2D eigenvalue weighted by molar-refractivity contribution is 0.769. The van der Waals surface area contributed by atoms with E-state index >= 15 is 0 Å². The molecule has 7 heteroatoms. The first kappa shape index (κ1) is 16.1. The van der Waals surface area contributed by atoms with E-state index in [1.807, 2.05) is 30.3 Å². The summed E-state index contributed by atoms with van der Waals surface area (Å²) in [5, 5.41) is 5.73. The third-order valence-electron chi connectivity index (χ3n) is 3.91. The van der Waals surface area contributed by atoms with E-state index in [4.69, 9.17) is 11.6 Å². The van der Waals surface area contributed by atoms with Crippen molar-refractivity contribution in [3.8, 4) is 0 Å². The number of hydrogen-bond donors (Lipinski definition) is 1. The normalized spacial score (nSPS) is 11.8. The molecule has 0 aliphatic rings. The van der Waals surface area contributed by atoms with Crippen LogP contribution >= 0.6 is 27.5 Å². The smallest absolute Gasteiger partial charge is 0.298 e. The number of H-pyrrole nitrogens is 1. The van der Waals surface area contributed by atoms with Gasteiger partial charge in [0.05, 0.1) is 6.21 Å². The number of nitrogens with one attached hydrogen (secondary N) is 1. The Balaban J connectivity index is 1.88. The molecule has 0 fully saturated rings. The summed E-state index contributed by atoms with van der Waals surface area (Å²) in [5.74, 6) is 0.506. The van der Waals surface area contributed by atoms with Gasteiger partial charge in [-0.25, -0.2) is 4.98 Å². The minimum Gasteiger partial charge on any atom is -0.349 e. The number of halogens is 2. The maximum Gasteiger partial charge on any atom is 0.298 e. The molecule has 0 aliphatic carbocycles. The van der Waals surface area contributed by atoms with Gasteiger partial charge >= 0.3 is 0 Å². The fraction of sp³-hybridized carbons (Fsp3) is 0.0556. The number of rotatable bonds is 2. The second kappa shape index (κ2) is 6.13. The van der Waals surface area contributed by atoms with Crippen LogP contribution in [0.25, 0.3) is 21.9 Å². The van der Waals surface area contributed by atoms with Crippen molar-refractivity contribution in [1.82, 2.24) is 14.6 Å². The van der Waals surface area contributed by atoms with Gasteiger partial charge in [0.15, 0.2) is 0 Å². The highest BCUT2D eigenvalue weighted by molar-refractivity contribution is 9.10. The van der Waals surface area contributed by atoms with Gasteiger partial charge in [-0.05, 0) is 42.8 Å². The number of nitrogens with zero attached hydrogens (tertiary/aromatic N) is 3. The number of fused-ring (bicyclic) bond motifs is 3. The Morgan fingerprint density at radius 1 is 1.24 bits per heavy atom. The molecule has 0 bridgehead atoms. The maximum absolute atomic E-state index is 12.8. The Kier molecular flexibility index (Phi) is 3.94. The summed E-state index contributed by atoms with van der Waals surface area (Å²) in [4.78, 5) is 20.5. The minimum absolute atomic E-state index is 0.247. The Morgan fingerprint density at radius 3 is 2.76 bits per heavy atom. The molecule has 4 rings (SSSR count). The van der Waals surface area contributed by atoms with Crippen LogP contribution in [0, 0.1) is 6.92 Å². The van der Waals surface area contributed by atoms with Gasteiger partial charge in [-0.15, -0.1) is 0 Å². The lowest BCUT2D eigenvalue weighted by Crippen LogP contribution is -2.20. The highest BCUT2D eigenvalue weighted by atomic mass is 79.9. The fourth-order valence-corrected chi connectivity index (χ4v) is 3.13. The lowest BCUT2D eigenvalue weighted by Gasteiger charge is -2.03. The molecule has 0 spiro atoms. The van der Waals surface area contributed by atoms with Gasteiger partial charge in [-0.2, -0.15) is 9.78 Å². The van der Waals surface area contributed by atoms with Crippen LogP contribution in [0.5, 0.6) is 0 Å². The Labute approximate surface area is 156 Å². The maximum atomic E-state index is 12.8. The molecule has 0 saturated heterocycles. The largest absolute Gasteiger partial charge is 0.349 e. The van der Waals surface area contributed by atoms with Crippen LogP contribution in [0.4, 0.5) is 0 Å². The number of benzene rings is 2. The van der Waals surface area contributed by atoms with Crippen LogP contribution < -0.4 is 5.56 Å². The molecule has 2 aromatic heterocycles. The lowest BCUT2D eigenvalue weighted by atomic mass is 10.2. The van der Waals surface area contributed by atoms with Gasteiger partial charge in [-0.1, -0.05) is 39.7 Å². The number of aromatic amines is 1. The van der Waals surface area contributed by atoms with Crippen molar-refractivity contribution in [1.29, 1.82) is 0 Å². The Hall–Kier alpha value is -2.44. The van der Waals surface area contributed by atoms with E-state index in [0.29, 0.717) is 21.9 Å². The Morgan fingerprint density at radius 2 is 2.00 bits per heavy atom. The van der Waals surface area contributed by atoms with E-state index in [1.54, 1.807) is 25.3 Å². The van der Waals surface area contributed by atoms with E-state index in [0.717, 1.165) is 20.9 Å². The SMILES string of the molecule is Cc1nc2c([nH]c3ccc(Cl)cc32)c(=O)n1N=Cc1ccc(Br)cc1. The topological polar surface area (TPSA) is 63.0 Å². The number of aryl methyl sites for hydroxylation is 1. The van der Waals surface area contributed by atoms with E-state index in [9.17, 15) is 4.79 Å². The van der Waals surface area contributed by atoms with Crippen LogP contribution in [0.2, 0.25) is 5.02 Å². The highest BCUT2D eigenvalue weighted by Gasteiger charge is 2.13. The predicted octanol–water partition coefficient (Wildman–Crippen LogP) is 4.48. The predicted molar refractivity (Wildman–Crippen MR) is 105 cm³/mol. The summed E-state index contributed by atoms with van der Waals surface area (Å²) in [6, 6.07) is 13.1. The molecule has 124 valence electrons. The highest BCUT2D eigenvalue weighted by Crippen LogP contribution is 2.25. The molecule has 2 aromatic carbocycles. The van der Waals surface area contributed by atoms with Gasteiger partial charge in [0.2, 0.25) is 0 Å². The van der Waals surface area contributed by atoms with Gasteiger partial charge in [0.25, 0.3) is 5.56 Å². The van der Waals surface area contributed by atoms with Crippen LogP contribution in [-0.2, 0) is 0 Å². The molecule has 2 heterocycles. The molecule has 0 unspecified atom stereocenters. The van der Waals surface area contributed by atoms with E-state index in [1.165, 1.54) is 4.68 Å². The molecule has 4 aromatic rings. The quantitative estimate of drug-likeness (QED) is 0.491. The summed E-state index contributed by atoms with van der Waals surface area (Å²) in [6.07, 6.45) is 1.63. The van der Waals surface area contributed by atoms with Gasteiger partial charge in [0, 0.05) is 20.4 Å². The molecule has 0 radical (unpaired) electrons. The van der Waals surface area contributed by atoms with E-state index in [-0.39, 0.29) is 5.56 Å². The zero-order valence-electron chi connectivity index (χ0n) is 13.1. The third-order valence-corrected chi connectivity index (χ3v) is 4.68. The molecule has 1 N–H and O–H groups in total. The van der Waals surface area contributed by atoms with Crippen molar-refractivity contribution in [2.75, 3.05) is 0 Å². The van der Waals surface area contributed by atoms with Gasteiger partial charge < -0.3 is 4.98 Å². The summed E-state index contributed by atoms with van der Waals surface area (Å²) in [6.45, 7) is 1.75. The van der Waals surface area contributed by atoms with Crippen molar-refractivity contribution >= 4 is 55.7 Å². The molecule has 0 atom stereocenters. The summed E-state index contributed by atoms with van der Waals surface area (Å²) >= 11 is 9.45. The zero-order valence-corrected chi connectivity index (χ0v) is 15.5. The second-order valence-corrected chi connectivity index (χ2v) is 6.96. The monoisotopic (exact) mass is 414 g/mol. The van der Waals surface area contributed by atoms with Crippen molar-refractivity contribution in [2.45, 2.75) is 6.92 Å². The van der Waals surface area contributed by atoms with Gasteiger partial charge in [-0.3, -0.25) is 4.79 Å². The first-order valence-corrected chi connectivity index (χ1v) is 8.70. The Bertz CT molecular complexity index is 1190. The van der Waals surface area contributed by atoms with Crippen LogP contribution in [-0.4, -0.2) is 20.9 Å². The first-order valence-electron chi connectivity index (χ1n) is 7.53. The molecule has 0 saturated carbocycles. The molecule has 0 amide bonds. The van der Waals surface area contributed by atoms with Crippen LogP contribution in [0.3, 0.4) is 0 Å². The molecule has 0 aliphatic heterocycles. The van der Waals surface area contributed by atoms with Crippen LogP contribution in [0.1, 0.15) is 11.4 Å². The first-order chi connectivity index (χ1) is 12.0. The third kappa shape index (κ3) is 2.88. The zero-order chi connectivity index (χ0) is 17.6. The minimum atomic E-state index is -0.247. The summed E-state index contributed by atoms with van der Waals surface area (Å²) in [7, 11) is 0. The summed E-state index contributed by atoms with van der Waals surface area (Å²) in [5.41, 5.74) is 2.48. The van der Waals surface area contributed by atoms with Gasteiger partial charge in [0.1, 0.15) is 16.9 Å². The molecule has 5 nitrogen and oxygen atoms in total. The number of aromatic nitrogens is 3. The molecular formula is C18H12BrClN4O. The van der Waals surface area contributed by atoms with E-state index in [2.05, 4.69) is 31.0 Å². The van der Waals surface area contributed by atoms with Crippen molar-refractivity contribution < 1.29 is 0 Å². The van der Waals surface area contributed by atoms with Crippen molar-refractivity contribution in [3.05, 3.63) is 73.7 Å². The molecular weight excluding hydrogens is 404 g/mol. The average Bonchev–Trinajstić information content (AvgIpc) is 2.94. The standard InChI is InChI=1S/C18H12BrClN4O/c1-10-22-16-14-8-13(20)6-7-15(14)23-17(16)18(25)24(10)21-9-11-2-4-12(19)5-3-11/h2-9,23H,1H3. The fourth-order valence-electron chi connectivity index (χ4n) is 2.69. The molecule has 25 heavy (non-hydrogen) atoms.